The Balaban J connectivity index is 2.18. The zero-order valence-electron chi connectivity index (χ0n) is 11.7. The van der Waals surface area contributed by atoms with Crippen LogP contribution in [-0.4, -0.2) is 0 Å². The third-order valence-electron chi connectivity index (χ3n) is 3.39. The number of benzene rings is 2. The van der Waals surface area contributed by atoms with E-state index in [2.05, 4.69) is 84.5 Å². The van der Waals surface area contributed by atoms with Gasteiger partial charge in [-0.2, -0.15) is 0 Å². The molecule has 0 heterocycles. The van der Waals surface area contributed by atoms with Gasteiger partial charge in [-0.25, -0.2) is 0 Å². The molecular weight excluding hydrogens is 298 g/mol. The van der Waals surface area contributed by atoms with Gasteiger partial charge in [-0.05, 0) is 49.6 Å². The normalized spacial score (nSPS) is 12.2. The number of rotatable bonds is 4. The van der Waals surface area contributed by atoms with E-state index >= 15 is 0 Å². The molecule has 0 fully saturated rings. The maximum atomic E-state index is 3.61. The van der Waals surface area contributed by atoms with Crippen LogP contribution in [0.2, 0.25) is 0 Å². The van der Waals surface area contributed by atoms with Gasteiger partial charge in [0.05, 0.1) is 6.04 Å². The van der Waals surface area contributed by atoms with Crippen molar-refractivity contribution in [2.45, 2.75) is 33.2 Å². The molecule has 0 saturated heterocycles. The molecule has 2 aromatic carbocycles. The molecule has 0 spiro atoms. The number of halogens is 1. The SMILES string of the molecule is CCC(Nc1ccc(Br)c(C)c1)c1ccc(C)cc1. The zero-order valence-corrected chi connectivity index (χ0v) is 13.3. The number of hydrogen-bond acceptors (Lipinski definition) is 1. The fraction of sp³-hybridized carbons (Fsp3) is 0.294. The van der Waals surface area contributed by atoms with E-state index in [1.807, 2.05) is 0 Å². The highest BCUT2D eigenvalue weighted by molar-refractivity contribution is 9.10. The van der Waals surface area contributed by atoms with Crippen molar-refractivity contribution in [3.63, 3.8) is 0 Å². The topological polar surface area (TPSA) is 12.0 Å². The molecule has 0 amide bonds. The number of nitrogens with one attached hydrogen (secondary N) is 1. The van der Waals surface area contributed by atoms with Gasteiger partial charge in [0.25, 0.3) is 0 Å². The average Bonchev–Trinajstić information content (AvgIpc) is 2.41. The third kappa shape index (κ3) is 3.60. The standard InChI is InChI=1S/C17H20BrN/c1-4-17(14-7-5-12(2)6-8-14)19-15-9-10-16(18)13(3)11-15/h5-11,17,19H,4H2,1-3H3. The number of aryl methyl sites for hydroxylation is 2. The summed E-state index contributed by atoms with van der Waals surface area (Å²) in [5, 5.41) is 3.61. The highest BCUT2D eigenvalue weighted by Crippen LogP contribution is 2.26. The molecule has 1 nitrogen and oxygen atoms in total. The summed E-state index contributed by atoms with van der Waals surface area (Å²) in [5.74, 6) is 0. The van der Waals surface area contributed by atoms with E-state index in [1.165, 1.54) is 22.4 Å². The highest BCUT2D eigenvalue weighted by Gasteiger charge is 2.09. The van der Waals surface area contributed by atoms with Crippen LogP contribution in [0.25, 0.3) is 0 Å². The number of anilines is 1. The van der Waals surface area contributed by atoms with Crippen molar-refractivity contribution in [2.24, 2.45) is 0 Å². The highest BCUT2D eigenvalue weighted by atomic mass is 79.9. The summed E-state index contributed by atoms with van der Waals surface area (Å²) in [4.78, 5) is 0. The summed E-state index contributed by atoms with van der Waals surface area (Å²) in [6, 6.07) is 15.5. The summed E-state index contributed by atoms with van der Waals surface area (Å²) in [5.41, 5.74) is 5.07. The fourth-order valence-corrected chi connectivity index (χ4v) is 2.40. The average molecular weight is 318 g/mol. The van der Waals surface area contributed by atoms with Crippen molar-refractivity contribution in [3.05, 3.63) is 63.6 Å². The Morgan fingerprint density at radius 2 is 1.74 bits per heavy atom. The minimum absolute atomic E-state index is 0.362. The van der Waals surface area contributed by atoms with Crippen LogP contribution in [0.15, 0.2) is 46.9 Å². The minimum atomic E-state index is 0.362. The molecule has 2 rings (SSSR count). The van der Waals surface area contributed by atoms with Gasteiger partial charge in [-0.3, -0.25) is 0 Å². The number of hydrogen-bond donors (Lipinski definition) is 1. The molecule has 19 heavy (non-hydrogen) atoms. The van der Waals surface area contributed by atoms with Gasteiger partial charge in [0.2, 0.25) is 0 Å². The van der Waals surface area contributed by atoms with Gasteiger partial charge in [0.1, 0.15) is 0 Å². The van der Waals surface area contributed by atoms with Crippen LogP contribution in [-0.2, 0) is 0 Å². The van der Waals surface area contributed by atoms with Crippen molar-refractivity contribution in [2.75, 3.05) is 5.32 Å². The molecule has 100 valence electrons. The second kappa shape index (κ2) is 6.25. The molecule has 0 bridgehead atoms. The second-order valence-electron chi connectivity index (χ2n) is 4.98. The molecule has 1 atom stereocenters. The van der Waals surface area contributed by atoms with Crippen LogP contribution < -0.4 is 5.32 Å². The lowest BCUT2D eigenvalue weighted by molar-refractivity contribution is 0.749. The Bertz CT molecular complexity index is 546. The monoisotopic (exact) mass is 317 g/mol. The lowest BCUT2D eigenvalue weighted by Gasteiger charge is -2.19. The Hall–Kier alpha value is -1.28. The van der Waals surface area contributed by atoms with Gasteiger partial charge >= 0.3 is 0 Å². The van der Waals surface area contributed by atoms with Crippen LogP contribution in [0.5, 0.6) is 0 Å². The lowest BCUT2D eigenvalue weighted by atomic mass is 10.0. The second-order valence-corrected chi connectivity index (χ2v) is 5.83. The van der Waals surface area contributed by atoms with Gasteiger partial charge in [0.15, 0.2) is 0 Å². The van der Waals surface area contributed by atoms with Crippen molar-refractivity contribution in [1.82, 2.24) is 0 Å². The smallest absolute Gasteiger partial charge is 0.0511 e. The van der Waals surface area contributed by atoms with E-state index in [1.54, 1.807) is 0 Å². The molecule has 0 aliphatic rings. The van der Waals surface area contributed by atoms with Crippen LogP contribution in [0.3, 0.4) is 0 Å². The Kier molecular flexibility index (Phi) is 4.65. The van der Waals surface area contributed by atoms with E-state index < -0.39 is 0 Å². The largest absolute Gasteiger partial charge is 0.378 e. The minimum Gasteiger partial charge on any atom is -0.378 e. The van der Waals surface area contributed by atoms with Crippen LogP contribution in [0, 0.1) is 13.8 Å². The molecule has 2 aromatic rings. The first-order chi connectivity index (χ1) is 9.10. The molecule has 0 radical (unpaired) electrons. The molecule has 0 aromatic heterocycles. The van der Waals surface area contributed by atoms with Gasteiger partial charge in [-0.1, -0.05) is 52.7 Å². The zero-order chi connectivity index (χ0) is 13.8. The fourth-order valence-electron chi connectivity index (χ4n) is 2.16. The lowest BCUT2D eigenvalue weighted by Crippen LogP contribution is -2.09. The van der Waals surface area contributed by atoms with E-state index in [4.69, 9.17) is 0 Å². The molecule has 0 aliphatic heterocycles. The van der Waals surface area contributed by atoms with Gasteiger partial charge in [-0.15, -0.1) is 0 Å². The first kappa shape index (κ1) is 14.1. The Labute approximate surface area is 124 Å². The van der Waals surface area contributed by atoms with E-state index in [-0.39, 0.29) is 0 Å². The Morgan fingerprint density at radius 3 is 2.32 bits per heavy atom. The first-order valence-corrected chi connectivity index (χ1v) is 7.48. The maximum absolute atomic E-state index is 3.61. The first-order valence-electron chi connectivity index (χ1n) is 6.69. The van der Waals surface area contributed by atoms with Gasteiger partial charge < -0.3 is 5.32 Å². The van der Waals surface area contributed by atoms with Crippen molar-refractivity contribution in [3.8, 4) is 0 Å². The Morgan fingerprint density at radius 1 is 1.05 bits per heavy atom. The predicted molar refractivity (Wildman–Crippen MR) is 86.7 cm³/mol. The summed E-state index contributed by atoms with van der Waals surface area (Å²) >= 11 is 3.54. The van der Waals surface area contributed by atoms with E-state index in [0.29, 0.717) is 6.04 Å². The van der Waals surface area contributed by atoms with Crippen molar-refractivity contribution >= 4 is 21.6 Å². The van der Waals surface area contributed by atoms with Crippen molar-refractivity contribution < 1.29 is 0 Å². The summed E-state index contributed by atoms with van der Waals surface area (Å²) in [6.45, 7) is 6.45. The van der Waals surface area contributed by atoms with E-state index in [9.17, 15) is 0 Å². The molecule has 1 N–H and O–H groups in total. The third-order valence-corrected chi connectivity index (χ3v) is 4.28. The van der Waals surface area contributed by atoms with E-state index in [0.717, 1.165) is 10.9 Å². The quantitative estimate of drug-likeness (QED) is 0.770. The maximum Gasteiger partial charge on any atom is 0.0511 e. The molecular formula is C17H20BrN. The van der Waals surface area contributed by atoms with Crippen LogP contribution in [0.4, 0.5) is 5.69 Å². The van der Waals surface area contributed by atoms with Gasteiger partial charge in [0, 0.05) is 10.2 Å². The molecule has 0 saturated carbocycles. The summed E-state index contributed by atoms with van der Waals surface area (Å²) in [6.07, 6.45) is 1.07. The predicted octanol–water partition coefficient (Wildman–Crippen LogP) is 5.63. The molecule has 2 heteroatoms. The summed E-state index contributed by atoms with van der Waals surface area (Å²) in [7, 11) is 0. The van der Waals surface area contributed by atoms with Crippen LogP contribution >= 0.6 is 15.9 Å². The molecule has 0 aliphatic carbocycles. The van der Waals surface area contributed by atoms with Crippen LogP contribution in [0.1, 0.15) is 36.1 Å². The van der Waals surface area contributed by atoms with Crippen molar-refractivity contribution in [1.29, 1.82) is 0 Å². The molecule has 1 unspecified atom stereocenters. The summed E-state index contributed by atoms with van der Waals surface area (Å²) < 4.78 is 1.15.